The van der Waals surface area contributed by atoms with Crippen molar-refractivity contribution in [1.29, 1.82) is 0 Å². The first-order valence-electron chi connectivity index (χ1n) is 8.92. The van der Waals surface area contributed by atoms with Crippen LogP contribution in [0.15, 0.2) is 36.4 Å². The maximum atomic E-state index is 12.7. The fraction of sp³-hybridized carbons (Fsp3) is 0.300. The lowest BCUT2D eigenvalue weighted by Gasteiger charge is -2.30. The van der Waals surface area contributed by atoms with Crippen LogP contribution < -0.4 is 15.4 Å². The molecule has 2 aromatic carbocycles. The first-order chi connectivity index (χ1) is 13.0. The molecular weight excluding hydrogens is 348 g/mol. The number of carbonyl (C=O) groups is 2. The number of amides is 2. The molecule has 1 fully saturated rings. The number of benzene rings is 2. The Kier molecular flexibility index (Phi) is 4.35. The van der Waals surface area contributed by atoms with Gasteiger partial charge in [0.05, 0.1) is 18.0 Å². The number of fused-ring (bicyclic) bond motifs is 1. The summed E-state index contributed by atoms with van der Waals surface area (Å²) in [6, 6.07) is 9.59. The Morgan fingerprint density at radius 1 is 1.07 bits per heavy atom. The van der Waals surface area contributed by atoms with Gasteiger partial charge in [-0.15, -0.1) is 0 Å². The molecular formula is C20H20N2O5. The number of urea groups is 1. The van der Waals surface area contributed by atoms with Crippen LogP contribution >= 0.6 is 0 Å². The number of rotatable bonds is 2. The summed E-state index contributed by atoms with van der Waals surface area (Å²) >= 11 is 0. The lowest BCUT2D eigenvalue weighted by Crippen LogP contribution is -2.35. The van der Waals surface area contributed by atoms with Gasteiger partial charge in [0, 0.05) is 12.6 Å². The Morgan fingerprint density at radius 3 is 2.63 bits per heavy atom. The van der Waals surface area contributed by atoms with Gasteiger partial charge in [-0.3, -0.25) is 4.79 Å². The van der Waals surface area contributed by atoms with Crippen LogP contribution in [0.3, 0.4) is 0 Å². The maximum absolute atomic E-state index is 12.7. The lowest BCUT2D eigenvalue weighted by atomic mass is 9.90. The average molecular weight is 368 g/mol. The van der Waals surface area contributed by atoms with Gasteiger partial charge in [0.2, 0.25) is 0 Å². The maximum Gasteiger partial charge on any atom is 0.315 e. The van der Waals surface area contributed by atoms with Crippen molar-refractivity contribution in [3.8, 4) is 17.2 Å². The first kappa shape index (κ1) is 17.2. The summed E-state index contributed by atoms with van der Waals surface area (Å²) in [5.74, 6) is -0.646. The number of hydrogen-bond acceptors (Lipinski definition) is 5. The Balaban J connectivity index is 1.81. The standard InChI is InChI=1S/C20H20N2O5/c23-13-9-14(24)18-15(25)10-16(11-5-2-1-3-6-11)27-19(18)17(13)12-7-4-8-21-20(26)22-12/h1-3,5-6,9,12,16,23-24H,4,7-8,10H2,(H2,21,22,26). The van der Waals surface area contributed by atoms with Crippen molar-refractivity contribution in [1.82, 2.24) is 10.6 Å². The largest absolute Gasteiger partial charge is 0.507 e. The molecule has 0 aliphatic carbocycles. The molecule has 7 nitrogen and oxygen atoms in total. The highest BCUT2D eigenvalue weighted by atomic mass is 16.5. The molecule has 2 aliphatic rings. The fourth-order valence-corrected chi connectivity index (χ4v) is 3.69. The van der Waals surface area contributed by atoms with Gasteiger partial charge in [0.1, 0.15) is 28.9 Å². The summed E-state index contributed by atoms with van der Waals surface area (Å²) in [6.07, 6.45) is 0.838. The lowest BCUT2D eigenvalue weighted by molar-refractivity contribution is 0.0841. The summed E-state index contributed by atoms with van der Waals surface area (Å²) in [7, 11) is 0. The van der Waals surface area contributed by atoms with Gasteiger partial charge in [-0.25, -0.2) is 4.79 Å². The van der Waals surface area contributed by atoms with Crippen LogP contribution in [0.1, 0.15) is 52.9 Å². The predicted molar refractivity (Wildman–Crippen MR) is 97.0 cm³/mol. The number of ether oxygens (including phenoxy) is 1. The van der Waals surface area contributed by atoms with Gasteiger partial charge in [-0.1, -0.05) is 30.3 Å². The van der Waals surface area contributed by atoms with E-state index in [1.165, 1.54) is 0 Å². The van der Waals surface area contributed by atoms with Crippen molar-refractivity contribution in [2.24, 2.45) is 0 Å². The summed E-state index contributed by atoms with van der Waals surface area (Å²) in [4.78, 5) is 24.6. The second-order valence-electron chi connectivity index (χ2n) is 6.77. The van der Waals surface area contributed by atoms with E-state index >= 15 is 0 Å². The second-order valence-corrected chi connectivity index (χ2v) is 6.77. The molecule has 0 bridgehead atoms. The van der Waals surface area contributed by atoms with Crippen LogP contribution in [0, 0.1) is 0 Å². The molecule has 7 heteroatoms. The third kappa shape index (κ3) is 3.16. The zero-order valence-corrected chi connectivity index (χ0v) is 14.6. The molecule has 27 heavy (non-hydrogen) atoms. The summed E-state index contributed by atoms with van der Waals surface area (Å²) in [5, 5.41) is 26.2. The number of Topliss-reactive ketones (excluding diaryl/α,β-unsaturated/α-hetero) is 1. The average Bonchev–Trinajstić information content (AvgIpc) is 2.86. The Labute approximate surface area is 156 Å². The van der Waals surface area contributed by atoms with Gasteiger partial charge in [-0.05, 0) is 18.4 Å². The van der Waals surface area contributed by atoms with Crippen LogP contribution in [0.5, 0.6) is 17.2 Å². The molecule has 1 saturated heterocycles. The predicted octanol–water partition coefficient (Wildman–Crippen LogP) is 2.94. The number of hydrogen-bond donors (Lipinski definition) is 4. The van der Waals surface area contributed by atoms with E-state index in [1.54, 1.807) is 0 Å². The summed E-state index contributed by atoms with van der Waals surface area (Å²) in [6.45, 7) is 0.524. The molecule has 0 radical (unpaired) electrons. The van der Waals surface area contributed by atoms with E-state index in [-0.39, 0.29) is 41.0 Å². The highest BCUT2D eigenvalue weighted by Gasteiger charge is 2.36. The quantitative estimate of drug-likeness (QED) is 0.652. The van der Waals surface area contributed by atoms with Crippen LogP contribution in [0.25, 0.3) is 0 Å². The molecule has 140 valence electrons. The molecule has 2 unspecified atom stereocenters. The minimum atomic E-state index is -0.524. The number of carbonyl (C=O) groups excluding carboxylic acids is 2. The Morgan fingerprint density at radius 2 is 1.85 bits per heavy atom. The van der Waals surface area contributed by atoms with Gasteiger partial charge >= 0.3 is 6.03 Å². The van der Waals surface area contributed by atoms with Crippen LogP contribution in [-0.4, -0.2) is 28.6 Å². The van der Waals surface area contributed by atoms with E-state index in [1.807, 2.05) is 30.3 Å². The van der Waals surface area contributed by atoms with Gasteiger partial charge in [0.25, 0.3) is 0 Å². The minimum absolute atomic E-state index is 0.0569. The zero-order valence-electron chi connectivity index (χ0n) is 14.6. The van der Waals surface area contributed by atoms with E-state index in [9.17, 15) is 19.8 Å². The third-order valence-electron chi connectivity index (χ3n) is 4.97. The smallest absolute Gasteiger partial charge is 0.315 e. The normalized spacial score (nSPS) is 22.1. The second kappa shape index (κ2) is 6.83. The van der Waals surface area contributed by atoms with Crippen LogP contribution in [0.2, 0.25) is 0 Å². The molecule has 2 amide bonds. The van der Waals surface area contributed by atoms with Crippen molar-refractivity contribution in [2.75, 3.05) is 6.54 Å². The molecule has 0 saturated carbocycles. The van der Waals surface area contributed by atoms with E-state index in [0.29, 0.717) is 24.9 Å². The van der Waals surface area contributed by atoms with Crippen LogP contribution in [0.4, 0.5) is 4.79 Å². The monoisotopic (exact) mass is 368 g/mol. The number of phenols is 2. The van der Waals surface area contributed by atoms with Crippen molar-refractivity contribution in [3.63, 3.8) is 0 Å². The van der Waals surface area contributed by atoms with Gasteiger partial charge in [-0.2, -0.15) is 0 Å². The third-order valence-corrected chi connectivity index (χ3v) is 4.97. The van der Waals surface area contributed by atoms with Gasteiger partial charge < -0.3 is 25.6 Å². The van der Waals surface area contributed by atoms with Gasteiger partial charge in [0.15, 0.2) is 5.78 Å². The molecule has 2 aromatic rings. The molecule has 4 N–H and O–H groups in total. The molecule has 2 aliphatic heterocycles. The molecule has 0 spiro atoms. The SMILES string of the molecule is O=C1NCCCC(c2c(O)cc(O)c3c2OC(c2ccccc2)CC3=O)N1. The van der Waals surface area contributed by atoms with E-state index in [2.05, 4.69) is 10.6 Å². The van der Waals surface area contributed by atoms with Crippen molar-refractivity contribution in [3.05, 3.63) is 53.1 Å². The Bertz CT molecular complexity index is 897. The Hall–Kier alpha value is -3.22. The number of phenolic OH excluding ortho intramolecular Hbond substituents is 2. The number of aromatic hydroxyl groups is 2. The van der Waals surface area contributed by atoms with Crippen molar-refractivity contribution < 1.29 is 24.5 Å². The number of ketones is 1. The van der Waals surface area contributed by atoms with E-state index in [0.717, 1.165) is 11.6 Å². The van der Waals surface area contributed by atoms with Crippen molar-refractivity contribution in [2.45, 2.75) is 31.4 Å². The highest BCUT2D eigenvalue weighted by molar-refractivity contribution is 6.03. The number of nitrogens with one attached hydrogen (secondary N) is 2. The summed E-state index contributed by atoms with van der Waals surface area (Å²) < 4.78 is 6.10. The van der Waals surface area contributed by atoms with Crippen LogP contribution in [-0.2, 0) is 0 Å². The van der Waals surface area contributed by atoms with E-state index < -0.39 is 12.1 Å². The first-order valence-corrected chi connectivity index (χ1v) is 8.92. The highest BCUT2D eigenvalue weighted by Crippen LogP contribution is 2.48. The molecule has 2 atom stereocenters. The fourth-order valence-electron chi connectivity index (χ4n) is 3.69. The molecule has 0 aromatic heterocycles. The molecule has 4 rings (SSSR count). The molecule has 2 heterocycles. The summed E-state index contributed by atoms with van der Waals surface area (Å²) in [5.41, 5.74) is 1.21. The zero-order chi connectivity index (χ0) is 19.0. The van der Waals surface area contributed by atoms with E-state index in [4.69, 9.17) is 4.74 Å². The topological polar surface area (TPSA) is 108 Å². The minimum Gasteiger partial charge on any atom is -0.507 e. The van der Waals surface area contributed by atoms with Crippen molar-refractivity contribution >= 4 is 11.8 Å².